The van der Waals surface area contributed by atoms with Gasteiger partial charge in [-0.3, -0.25) is 0 Å². The first-order valence-electron chi connectivity index (χ1n) is 5.76. The molecule has 2 rings (SSSR count). The summed E-state index contributed by atoms with van der Waals surface area (Å²) in [5.41, 5.74) is 1.80. The molecule has 0 spiro atoms. The molecule has 0 bridgehead atoms. The van der Waals surface area contributed by atoms with Gasteiger partial charge in [0.1, 0.15) is 9.84 Å². The van der Waals surface area contributed by atoms with E-state index in [1.54, 1.807) is 0 Å². The summed E-state index contributed by atoms with van der Waals surface area (Å²) in [7, 11) is -2.80. The Morgan fingerprint density at radius 3 is 2.65 bits per heavy atom. The molecule has 1 aliphatic heterocycles. The molecule has 5 heteroatoms. The molecule has 0 aromatic heterocycles. The molecule has 1 saturated heterocycles. The van der Waals surface area contributed by atoms with E-state index in [0.29, 0.717) is 12.8 Å². The lowest BCUT2D eigenvalue weighted by Gasteiger charge is -2.24. The number of hydrogen-bond acceptors (Lipinski definition) is 4. The van der Waals surface area contributed by atoms with Crippen molar-refractivity contribution in [2.75, 3.05) is 16.8 Å². The highest BCUT2D eigenvalue weighted by Gasteiger charge is 2.23. The molecule has 2 N–H and O–H groups in total. The molecule has 17 heavy (non-hydrogen) atoms. The van der Waals surface area contributed by atoms with Crippen LogP contribution in [0.3, 0.4) is 0 Å². The first kappa shape index (κ1) is 12.4. The van der Waals surface area contributed by atoms with E-state index in [1.807, 2.05) is 24.3 Å². The van der Waals surface area contributed by atoms with Crippen molar-refractivity contribution in [3.05, 3.63) is 29.8 Å². The highest BCUT2D eigenvalue weighted by Crippen LogP contribution is 2.18. The average molecular weight is 255 g/mol. The van der Waals surface area contributed by atoms with Gasteiger partial charge in [0.25, 0.3) is 0 Å². The molecule has 1 fully saturated rings. The van der Waals surface area contributed by atoms with Gasteiger partial charge >= 0.3 is 0 Å². The standard InChI is InChI=1S/C12H17NO3S/c14-9-10-2-1-3-12(8-10)13-11-4-6-17(15,16)7-5-11/h1-3,8,11,13-14H,4-7,9H2. The molecule has 1 aliphatic rings. The topological polar surface area (TPSA) is 66.4 Å². The minimum Gasteiger partial charge on any atom is -0.392 e. The van der Waals surface area contributed by atoms with Gasteiger partial charge in [0, 0.05) is 11.7 Å². The monoisotopic (exact) mass is 255 g/mol. The zero-order valence-electron chi connectivity index (χ0n) is 9.59. The summed E-state index contributed by atoms with van der Waals surface area (Å²) in [6, 6.07) is 7.78. The van der Waals surface area contributed by atoms with Crippen LogP contribution in [-0.2, 0) is 16.4 Å². The third-order valence-electron chi connectivity index (χ3n) is 3.03. The van der Waals surface area contributed by atoms with Gasteiger partial charge in [0.05, 0.1) is 18.1 Å². The van der Waals surface area contributed by atoms with Gasteiger partial charge in [0.15, 0.2) is 0 Å². The number of hydrogen-bond donors (Lipinski definition) is 2. The van der Waals surface area contributed by atoms with Crippen LogP contribution >= 0.6 is 0 Å². The maximum atomic E-state index is 11.3. The van der Waals surface area contributed by atoms with Crippen molar-refractivity contribution >= 4 is 15.5 Å². The van der Waals surface area contributed by atoms with Crippen molar-refractivity contribution in [1.82, 2.24) is 0 Å². The van der Waals surface area contributed by atoms with Gasteiger partial charge < -0.3 is 10.4 Å². The van der Waals surface area contributed by atoms with E-state index >= 15 is 0 Å². The number of aliphatic hydroxyl groups is 1. The summed E-state index contributed by atoms with van der Waals surface area (Å²) in [5, 5.41) is 12.3. The quantitative estimate of drug-likeness (QED) is 0.851. The number of anilines is 1. The Labute approximate surface area is 102 Å². The Morgan fingerprint density at radius 1 is 1.29 bits per heavy atom. The SMILES string of the molecule is O=S1(=O)CCC(Nc2cccc(CO)c2)CC1. The zero-order chi connectivity index (χ0) is 12.3. The van der Waals surface area contributed by atoms with Crippen LogP contribution in [0.1, 0.15) is 18.4 Å². The Hall–Kier alpha value is -1.07. The lowest BCUT2D eigenvalue weighted by atomic mass is 10.1. The molecule has 0 saturated carbocycles. The van der Waals surface area contributed by atoms with E-state index in [-0.39, 0.29) is 24.2 Å². The van der Waals surface area contributed by atoms with Crippen LogP contribution in [0.25, 0.3) is 0 Å². The third kappa shape index (κ3) is 3.44. The summed E-state index contributed by atoms with van der Waals surface area (Å²) < 4.78 is 22.6. The van der Waals surface area contributed by atoms with Crippen LogP contribution in [0, 0.1) is 0 Å². The van der Waals surface area contributed by atoms with Crippen LogP contribution in [0.2, 0.25) is 0 Å². The molecular weight excluding hydrogens is 238 g/mol. The minimum absolute atomic E-state index is 0.0224. The van der Waals surface area contributed by atoms with Gasteiger partial charge in [-0.25, -0.2) is 8.42 Å². The highest BCUT2D eigenvalue weighted by molar-refractivity contribution is 7.91. The Kier molecular flexibility index (Phi) is 3.69. The predicted molar refractivity (Wildman–Crippen MR) is 67.7 cm³/mol. The molecule has 1 aromatic rings. The van der Waals surface area contributed by atoms with E-state index in [9.17, 15) is 8.42 Å². The van der Waals surface area contributed by atoms with E-state index in [1.165, 1.54) is 0 Å². The van der Waals surface area contributed by atoms with Gasteiger partial charge in [-0.2, -0.15) is 0 Å². The maximum absolute atomic E-state index is 11.3. The van der Waals surface area contributed by atoms with Gasteiger partial charge in [-0.1, -0.05) is 12.1 Å². The molecule has 1 heterocycles. The van der Waals surface area contributed by atoms with E-state index in [0.717, 1.165) is 11.3 Å². The number of nitrogens with one attached hydrogen (secondary N) is 1. The normalized spacial score (nSPS) is 20.1. The Morgan fingerprint density at radius 2 is 2.00 bits per heavy atom. The van der Waals surface area contributed by atoms with Crippen molar-refractivity contribution in [2.45, 2.75) is 25.5 Å². The number of rotatable bonds is 3. The first-order chi connectivity index (χ1) is 8.09. The van der Waals surface area contributed by atoms with Crippen molar-refractivity contribution in [3.63, 3.8) is 0 Å². The Balaban J connectivity index is 1.97. The Bertz CT molecular complexity index is 470. The van der Waals surface area contributed by atoms with Crippen molar-refractivity contribution < 1.29 is 13.5 Å². The molecule has 0 atom stereocenters. The molecular formula is C12H17NO3S. The smallest absolute Gasteiger partial charge is 0.150 e. The second kappa shape index (κ2) is 5.06. The molecule has 4 nitrogen and oxygen atoms in total. The average Bonchev–Trinajstić information content (AvgIpc) is 2.32. The fourth-order valence-electron chi connectivity index (χ4n) is 2.03. The van der Waals surface area contributed by atoms with E-state index in [4.69, 9.17) is 5.11 Å². The second-order valence-electron chi connectivity index (χ2n) is 4.43. The molecule has 0 aliphatic carbocycles. The largest absolute Gasteiger partial charge is 0.392 e. The predicted octanol–water partition coefficient (Wildman–Crippen LogP) is 1.17. The summed E-state index contributed by atoms with van der Waals surface area (Å²) in [5.74, 6) is 0.536. The van der Waals surface area contributed by atoms with Crippen LogP contribution in [-0.4, -0.2) is 31.1 Å². The van der Waals surface area contributed by atoms with Crippen molar-refractivity contribution in [2.24, 2.45) is 0 Å². The fraction of sp³-hybridized carbons (Fsp3) is 0.500. The molecule has 0 unspecified atom stereocenters. The second-order valence-corrected chi connectivity index (χ2v) is 6.73. The lowest BCUT2D eigenvalue weighted by molar-refractivity contribution is 0.282. The molecule has 1 aromatic carbocycles. The summed E-state index contributed by atoms with van der Waals surface area (Å²) >= 11 is 0. The van der Waals surface area contributed by atoms with Crippen LogP contribution in [0.15, 0.2) is 24.3 Å². The van der Waals surface area contributed by atoms with Gasteiger partial charge in [-0.15, -0.1) is 0 Å². The van der Waals surface area contributed by atoms with Crippen LogP contribution in [0.4, 0.5) is 5.69 Å². The number of sulfone groups is 1. The molecule has 0 amide bonds. The van der Waals surface area contributed by atoms with Gasteiger partial charge in [-0.05, 0) is 30.5 Å². The van der Waals surface area contributed by atoms with Crippen LogP contribution in [0.5, 0.6) is 0 Å². The highest BCUT2D eigenvalue weighted by atomic mass is 32.2. The van der Waals surface area contributed by atoms with E-state index in [2.05, 4.69) is 5.32 Å². The summed E-state index contributed by atoms with van der Waals surface area (Å²) in [6.07, 6.45) is 1.32. The first-order valence-corrected chi connectivity index (χ1v) is 7.58. The summed E-state index contributed by atoms with van der Waals surface area (Å²) in [4.78, 5) is 0. The van der Waals surface area contributed by atoms with Crippen LogP contribution < -0.4 is 5.32 Å². The number of aliphatic hydroxyl groups excluding tert-OH is 1. The van der Waals surface area contributed by atoms with E-state index < -0.39 is 9.84 Å². The lowest BCUT2D eigenvalue weighted by Crippen LogP contribution is -2.32. The molecule has 0 radical (unpaired) electrons. The van der Waals surface area contributed by atoms with Crippen molar-refractivity contribution in [1.29, 1.82) is 0 Å². The van der Waals surface area contributed by atoms with Gasteiger partial charge in [0.2, 0.25) is 0 Å². The third-order valence-corrected chi connectivity index (χ3v) is 4.75. The summed E-state index contributed by atoms with van der Waals surface area (Å²) in [6.45, 7) is 0.0224. The fourth-order valence-corrected chi connectivity index (χ4v) is 3.52. The molecule has 94 valence electrons. The minimum atomic E-state index is -2.80. The zero-order valence-corrected chi connectivity index (χ0v) is 10.4. The number of benzene rings is 1. The maximum Gasteiger partial charge on any atom is 0.150 e. The van der Waals surface area contributed by atoms with Crippen molar-refractivity contribution in [3.8, 4) is 0 Å².